The van der Waals surface area contributed by atoms with Crippen molar-refractivity contribution in [2.45, 2.75) is 71.3 Å². The number of esters is 1. The summed E-state index contributed by atoms with van der Waals surface area (Å²) in [6.07, 6.45) is 12.7. The fourth-order valence-electron chi connectivity index (χ4n) is 3.13. The largest absolute Gasteiger partial charge is 0.466 e. The Hall–Kier alpha value is -2.01. The zero-order valence-corrected chi connectivity index (χ0v) is 16.5. The second kappa shape index (κ2) is 13.2. The minimum atomic E-state index is -0.708. The normalized spacial score (nSPS) is 21.6. The Bertz CT molecular complexity index is 586. The van der Waals surface area contributed by atoms with E-state index in [4.69, 9.17) is 4.74 Å². The predicted molar refractivity (Wildman–Crippen MR) is 105 cm³/mol. The van der Waals surface area contributed by atoms with Crippen molar-refractivity contribution in [3.05, 3.63) is 36.0 Å². The maximum absolute atomic E-state index is 12.1. The van der Waals surface area contributed by atoms with E-state index >= 15 is 0 Å². The number of carbonyl (C=O) groups excluding carboxylic acids is 3. The van der Waals surface area contributed by atoms with Crippen LogP contribution in [0.25, 0.3) is 0 Å². The third kappa shape index (κ3) is 8.96. The lowest BCUT2D eigenvalue weighted by atomic mass is 9.92. The summed E-state index contributed by atoms with van der Waals surface area (Å²) in [5.74, 6) is -0.420. The van der Waals surface area contributed by atoms with Gasteiger partial charge in [0, 0.05) is 30.8 Å². The number of Topliss-reactive ketones (excluding diaryl/α,β-unsaturated/α-hetero) is 2. The van der Waals surface area contributed by atoms with E-state index in [1.54, 1.807) is 37.3 Å². The Labute approximate surface area is 162 Å². The molecule has 0 spiro atoms. The van der Waals surface area contributed by atoms with Gasteiger partial charge in [0.2, 0.25) is 0 Å². The number of hydrogen-bond donors (Lipinski definition) is 1. The fraction of sp³-hybridized carbons (Fsp3) is 0.591. The zero-order chi connectivity index (χ0) is 20.1. The molecule has 2 atom stereocenters. The van der Waals surface area contributed by atoms with Crippen molar-refractivity contribution in [1.82, 2.24) is 0 Å². The Morgan fingerprint density at radius 2 is 1.93 bits per heavy atom. The molecular weight excluding hydrogens is 344 g/mol. The van der Waals surface area contributed by atoms with Crippen LogP contribution in [-0.2, 0) is 19.1 Å². The molecule has 1 N–H and O–H groups in total. The summed E-state index contributed by atoms with van der Waals surface area (Å²) in [6, 6.07) is 0. The Kier molecular flexibility index (Phi) is 11.3. The maximum Gasteiger partial charge on any atom is 0.309 e. The van der Waals surface area contributed by atoms with Crippen molar-refractivity contribution in [2.24, 2.45) is 5.92 Å². The average Bonchev–Trinajstić information content (AvgIpc) is 2.89. The first-order chi connectivity index (χ1) is 13.0. The molecular formula is C22H32O5. The van der Waals surface area contributed by atoms with E-state index in [0.717, 1.165) is 19.3 Å². The second-order valence-corrected chi connectivity index (χ2v) is 6.78. The van der Waals surface area contributed by atoms with E-state index in [-0.39, 0.29) is 36.3 Å². The Balaban J connectivity index is 2.54. The summed E-state index contributed by atoms with van der Waals surface area (Å²) in [7, 11) is 0. The zero-order valence-electron chi connectivity index (χ0n) is 16.5. The number of hydrogen-bond acceptors (Lipinski definition) is 5. The SMILES string of the molecule is CCCCCC(=O)CCC1C(=CC=CC=CCC(=O)OCC)C(=O)CC1O. The van der Waals surface area contributed by atoms with E-state index in [1.165, 1.54) is 0 Å². The van der Waals surface area contributed by atoms with Gasteiger partial charge in [-0.05, 0) is 19.8 Å². The molecule has 0 aromatic rings. The van der Waals surface area contributed by atoms with Gasteiger partial charge in [0.1, 0.15) is 5.78 Å². The minimum absolute atomic E-state index is 0.0638. The van der Waals surface area contributed by atoms with Crippen molar-refractivity contribution >= 4 is 17.5 Å². The molecule has 0 heterocycles. The van der Waals surface area contributed by atoms with Crippen LogP contribution in [0.5, 0.6) is 0 Å². The highest BCUT2D eigenvalue weighted by atomic mass is 16.5. The quantitative estimate of drug-likeness (QED) is 0.242. The number of rotatable bonds is 12. The lowest BCUT2D eigenvalue weighted by Gasteiger charge is -2.14. The van der Waals surface area contributed by atoms with E-state index in [1.807, 2.05) is 0 Å². The van der Waals surface area contributed by atoms with Gasteiger partial charge in [-0.2, -0.15) is 0 Å². The molecule has 2 unspecified atom stereocenters. The number of ketones is 2. The maximum atomic E-state index is 12.1. The highest BCUT2D eigenvalue weighted by Gasteiger charge is 2.36. The van der Waals surface area contributed by atoms with E-state index in [2.05, 4.69) is 6.92 Å². The van der Waals surface area contributed by atoms with Crippen molar-refractivity contribution in [3.63, 3.8) is 0 Å². The third-order valence-corrected chi connectivity index (χ3v) is 4.60. The molecule has 27 heavy (non-hydrogen) atoms. The molecule has 1 rings (SSSR count). The van der Waals surface area contributed by atoms with Crippen LogP contribution in [0, 0.1) is 5.92 Å². The van der Waals surface area contributed by atoms with Crippen molar-refractivity contribution in [3.8, 4) is 0 Å². The lowest BCUT2D eigenvalue weighted by molar-refractivity contribution is -0.142. The molecule has 0 bridgehead atoms. The molecule has 0 aromatic carbocycles. The standard InChI is InChI=1S/C22H32O5/c1-3-5-8-11-17(23)14-15-19-18(20(24)16-21(19)25)12-9-6-7-10-13-22(26)27-4-2/h6-7,9-10,12,19,21,25H,3-5,8,11,13-16H2,1-2H3. The molecule has 5 nitrogen and oxygen atoms in total. The molecule has 0 radical (unpaired) electrons. The molecule has 0 aliphatic heterocycles. The van der Waals surface area contributed by atoms with Crippen LogP contribution in [0.4, 0.5) is 0 Å². The summed E-state index contributed by atoms with van der Waals surface area (Å²) in [6.45, 7) is 4.22. The topological polar surface area (TPSA) is 80.7 Å². The highest BCUT2D eigenvalue weighted by Crippen LogP contribution is 2.32. The van der Waals surface area contributed by atoms with Crippen molar-refractivity contribution in [2.75, 3.05) is 6.61 Å². The van der Waals surface area contributed by atoms with Gasteiger partial charge in [0.25, 0.3) is 0 Å². The molecule has 5 heteroatoms. The highest BCUT2D eigenvalue weighted by molar-refractivity contribution is 5.99. The van der Waals surface area contributed by atoms with Crippen LogP contribution in [-0.4, -0.2) is 35.4 Å². The van der Waals surface area contributed by atoms with Gasteiger partial charge in [-0.3, -0.25) is 14.4 Å². The summed E-state index contributed by atoms with van der Waals surface area (Å²) in [5, 5.41) is 10.1. The molecule has 0 aromatic heterocycles. The van der Waals surface area contributed by atoms with Crippen LogP contribution in [0.15, 0.2) is 36.0 Å². The van der Waals surface area contributed by atoms with Gasteiger partial charge in [-0.25, -0.2) is 0 Å². The molecule has 1 saturated carbocycles. The molecule has 0 saturated heterocycles. The molecule has 1 fully saturated rings. The molecule has 0 amide bonds. The molecule has 1 aliphatic rings. The van der Waals surface area contributed by atoms with Crippen LogP contribution in [0.1, 0.15) is 65.2 Å². The van der Waals surface area contributed by atoms with Crippen LogP contribution in [0.2, 0.25) is 0 Å². The number of unbranched alkanes of at least 4 members (excludes halogenated alkanes) is 2. The Morgan fingerprint density at radius 1 is 1.15 bits per heavy atom. The van der Waals surface area contributed by atoms with Crippen LogP contribution >= 0.6 is 0 Å². The fourth-order valence-corrected chi connectivity index (χ4v) is 3.13. The number of aliphatic hydroxyl groups excluding tert-OH is 1. The number of aliphatic hydroxyl groups is 1. The third-order valence-electron chi connectivity index (χ3n) is 4.60. The first-order valence-electron chi connectivity index (χ1n) is 9.91. The second-order valence-electron chi connectivity index (χ2n) is 6.78. The van der Waals surface area contributed by atoms with Crippen molar-refractivity contribution in [1.29, 1.82) is 0 Å². The Morgan fingerprint density at radius 3 is 2.63 bits per heavy atom. The van der Waals surface area contributed by atoms with E-state index in [9.17, 15) is 19.5 Å². The van der Waals surface area contributed by atoms with Gasteiger partial charge in [-0.15, -0.1) is 0 Å². The lowest BCUT2D eigenvalue weighted by Crippen LogP contribution is -2.16. The predicted octanol–water partition coefficient (Wildman–Crippen LogP) is 3.86. The number of allylic oxidation sites excluding steroid dienone is 4. The smallest absolute Gasteiger partial charge is 0.309 e. The van der Waals surface area contributed by atoms with Gasteiger partial charge in [0.15, 0.2) is 5.78 Å². The van der Waals surface area contributed by atoms with Gasteiger partial charge < -0.3 is 9.84 Å². The summed E-state index contributed by atoms with van der Waals surface area (Å²) in [5.41, 5.74) is 0.582. The minimum Gasteiger partial charge on any atom is -0.466 e. The summed E-state index contributed by atoms with van der Waals surface area (Å²) >= 11 is 0. The van der Waals surface area contributed by atoms with E-state index in [0.29, 0.717) is 31.4 Å². The van der Waals surface area contributed by atoms with E-state index < -0.39 is 6.10 Å². The summed E-state index contributed by atoms with van der Waals surface area (Å²) in [4.78, 5) is 35.3. The monoisotopic (exact) mass is 376 g/mol. The summed E-state index contributed by atoms with van der Waals surface area (Å²) < 4.78 is 4.82. The van der Waals surface area contributed by atoms with Gasteiger partial charge >= 0.3 is 5.97 Å². The average molecular weight is 376 g/mol. The van der Waals surface area contributed by atoms with Crippen LogP contribution in [0.3, 0.4) is 0 Å². The van der Waals surface area contributed by atoms with Crippen LogP contribution < -0.4 is 0 Å². The number of carbonyl (C=O) groups is 3. The number of ether oxygens (including phenoxy) is 1. The first-order valence-corrected chi connectivity index (χ1v) is 9.91. The molecule has 1 aliphatic carbocycles. The van der Waals surface area contributed by atoms with Gasteiger partial charge in [0.05, 0.1) is 19.1 Å². The molecule has 150 valence electrons. The first kappa shape index (κ1) is 23.0. The van der Waals surface area contributed by atoms with Gasteiger partial charge in [-0.1, -0.05) is 50.1 Å². The van der Waals surface area contributed by atoms with Crippen molar-refractivity contribution < 1.29 is 24.2 Å².